The highest BCUT2D eigenvalue weighted by atomic mass is 32.3. The van der Waals surface area contributed by atoms with Gasteiger partial charge in [0.05, 0.1) is 15.5 Å². The third-order valence-electron chi connectivity index (χ3n) is 3.48. The number of rotatable bonds is 9. The monoisotopic (exact) mass is 400 g/mol. The van der Waals surface area contributed by atoms with E-state index in [0.717, 1.165) is 11.8 Å². The van der Waals surface area contributed by atoms with Crippen molar-refractivity contribution in [3.05, 3.63) is 60.7 Å². The highest BCUT2D eigenvalue weighted by Gasteiger charge is 2.33. The zero-order valence-corrected chi connectivity index (χ0v) is 15.9. The minimum atomic E-state index is -3.82. The Hall–Kier alpha value is -1.35. The molecule has 0 saturated heterocycles. The molecule has 1 unspecified atom stereocenters. The zero-order chi connectivity index (χ0) is 18.3. The lowest BCUT2D eigenvalue weighted by Crippen LogP contribution is -2.27. The van der Waals surface area contributed by atoms with Crippen molar-refractivity contribution in [1.29, 1.82) is 0 Å². The summed E-state index contributed by atoms with van der Waals surface area (Å²) in [6.07, 6.45) is 0.400. The van der Waals surface area contributed by atoms with E-state index < -0.39 is 30.0 Å². The average molecular weight is 401 g/mol. The molecule has 1 N–H and O–H groups in total. The SMILES string of the molecule is O=S(=O)(CC(SCCCO)S(=O)(=O)c1ccccc1)c1ccccc1. The van der Waals surface area contributed by atoms with Crippen molar-refractivity contribution in [2.24, 2.45) is 0 Å². The standard InChI is InChI=1S/C17H20O5S3/c18-12-7-13-23-17(25(21,22)16-10-5-2-6-11-16)14-24(19,20)15-8-3-1-4-9-15/h1-6,8-11,17-18H,7,12-14H2. The van der Waals surface area contributed by atoms with E-state index in [4.69, 9.17) is 5.11 Å². The van der Waals surface area contributed by atoms with E-state index in [2.05, 4.69) is 0 Å². The maximum atomic E-state index is 12.9. The van der Waals surface area contributed by atoms with E-state index >= 15 is 0 Å². The van der Waals surface area contributed by atoms with Crippen molar-refractivity contribution in [1.82, 2.24) is 0 Å². The van der Waals surface area contributed by atoms with E-state index in [0.29, 0.717) is 12.2 Å². The number of aliphatic hydroxyl groups excluding tert-OH is 1. The molecule has 2 aromatic carbocycles. The number of hydrogen-bond acceptors (Lipinski definition) is 6. The van der Waals surface area contributed by atoms with E-state index in [9.17, 15) is 16.8 Å². The third-order valence-corrected chi connectivity index (χ3v) is 9.69. The number of sulfone groups is 2. The molecule has 0 aliphatic rings. The van der Waals surface area contributed by atoms with Gasteiger partial charge in [-0.3, -0.25) is 0 Å². The van der Waals surface area contributed by atoms with Crippen LogP contribution in [-0.2, 0) is 19.7 Å². The van der Waals surface area contributed by atoms with Crippen LogP contribution in [0.25, 0.3) is 0 Å². The summed E-state index contributed by atoms with van der Waals surface area (Å²) in [7, 11) is -7.57. The van der Waals surface area contributed by atoms with Gasteiger partial charge in [0.25, 0.3) is 0 Å². The number of hydrogen-bond donors (Lipinski definition) is 1. The van der Waals surface area contributed by atoms with Crippen LogP contribution in [0, 0.1) is 0 Å². The maximum Gasteiger partial charge on any atom is 0.191 e. The summed E-state index contributed by atoms with van der Waals surface area (Å²) in [5, 5.41) is 8.93. The Kier molecular flexibility index (Phi) is 7.06. The van der Waals surface area contributed by atoms with Gasteiger partial charge in [-0.1, -0.05) is 36.4 Å². The van der Waals surface area contributed by atoms with Gasteiger partial charge < -0.3 is 5.11 Å². The van der Waals surface area contributed by atoms with Gasteiger partial charge in [-0.15, -0.1) is 11.8 Å². The number of benzene rings is 2. The van der Waals surface area contributed by atoms with Crippen LogP contribution in [-0.4, -0.2) is 44.6 Å². The Labute approximate surface area is 152 Å². The molecule has 0 saturated carbocycles. The van der Waals surface area contributed by atoms with Gasteiger partial charge in [-0.2, -0.15) is 0 Å². The predicted molar refractivity (Wildman–Crippen MR) is 100 cm³/mol. The molecule has 0 heterocycles. The van der Waals surface area contributed by atoms with Crippen molar-refractivity contribution >= 4 is 31.4 Å². The summed E-state index contributed by atoms with van der Waals surface area (Å²) in [5.74, 6) is -0.151. The maximum absolute atomic E-state index is 12.9. The zero-order valence-electron chi connectivity index (χ0n) is 13.5. The molecule has 136 valence electrons. The van der Waals surface area contributed by atoms with Crippen LogP contribution in [0.2, 0.25) is 0 Å². The Morgan fingerprint density at radius 2 is 1.36 bits per heavy atom. The second kappa shape index (κ2) is 8.84. The van der Waals surface area contributed by atoms with E-state index in [-0.39, 0.29) is 16.4 Å². The van der Waals surface area contributed by atoms with Crippen molar-refractivity contribution in [2.45, 2.75) is 20.8 Å². The van der Waals surface area contributed by atoms with Crippen LogP contribution in [0.5, 0.6) is 0 Å². The third kappa shape index (κ3) is 5.31. The molecule has 0 aliphatic heterocycles. The summed E-state index contributed by atoms with van der Waals surface area (Å²) in [4.78, 5) is 0.200. The molecule has 25 heavy (non-hydrogen) atoms. The summed E-state index contributed by atoms with van der Waals surface area (Å²) < 4.78 is 49.9. The van der Waals surface area contributed by atoms with Crippen molar-refractivity contribution in [3.63, 3.8) is 0 Å². The minimum Gasteiger partial charge on any atom is -0.396 e. The molecule has 0 aromatic heterocycles. The van der Waals surface area contributed by atoms with Crippen LogP contribution in [0.1, 0.15) is 6.42 Å². The Morgan fingerprint density at radius 1 is 0.840 bits per heavy atom. The highest BCUT2D eigenvalue weighted by molar-refractivity contribution is 8.14. The van der Waals surface area contributed by atoms with E-state index in [1.165, 1.54) is 24.3 Å². The Balaban J connectivity index is 2.33. The highest BCUT2D eigenvalue weighted by Crippen LogP contribution is 2.28. The lowest BCUT2D eigenvalue weighted by molar-refractivity contribution is 0.296. The minimum absolute atomic E-state index is 0.0729. The molecular formula is C17H20O5S3. The molecule has 8 heteroatoms. The van der Waals surface area contributed by atoms with Gasteiger partial charge in [-0.05, 0) is 36.4 Å². The van der Waals surface area contributed by atoms with Crippen LogP contribution in [0.4, 0.5) is 0 Å². The second-order valence-electron chi connectivity index (χ2n) is 5.33. The quantitative estimate of drug-likeness (QED) is 0.650. The molecule has 0 amide bonds. The number of thioether (sulfide) groups is 1. The first kappa shape index (κ1) is 20.0. The fraction of sp³-hybridized carbons (Fsp3) is 0.294. The Morgan fingerprint density at radius 3 is 1.88 bits per heavy atom. The van der Waals surface area contributed by atoms with Crippen LogP contribution < -0.4 is 0 Å². The first-order valence-electron chi connectivity index (χ1n) is 7.67. The molecule has 0 bridgehead atoms. The normalized spacial score (nSPS) is 13.5. The predicted octanol–water partition coefficient (Wildman–Crippen LogP) is 2.38. The smallest absolute Gasteiger partial charge is 0.191 e. The van der Waals surface area contributed by atoms with Crippen molar-refractivity contribution in [3.8, 4) is 0 Å². The van der Waals surface area contributed by atoms with Gasteiger partial charge in [0.15, 0.2) is 19.7 Å². The fourth-order valence-electron chi connectivity index (χ4n) is 2.17. The molecule has 0 spiro atoms. The van der Waals surface area contributed by atoms with Gasteiger partial charge in [-0.25, -0.2) is 16.8 Å². The average Bonchev–Trinajstić information content (AvgIpc) is 2.62. The lowest BCUT2D eigenvalue weighted by atomic mass is 10.4. The van der Waals surface area contributed by atoms with Crippen LogP contribution in [0.3, 0.4) is 0 Å². The van der Waals surface area contributed by atoms with Gasteiger partial charge >= 0.3 is 0 Å². The van der Waals surface area contributed by atoms with Gasteiger partial charge in [0.1, 0.15) is 4.58 Å². The molecule has 0 fully saturated rings. The summed E-state index contributed by atoms with van der Waals surface area (Å²) in [6, 6.07) is 15.7. The molecule has 0 aliphatic carbocycles. The molecular weight excluding hydrogens is 380 g/mol. The molecule has 2 rings (SSSR count). The van der Waals surface area contributed by atoms with Gasteiger partial charge in [0.2, 0.25) is 0 Å². The first-order chi connectivity index (χ1) is 11.9. The van der Waals surface area contributed by atoms with E-state index in [1.807, 2.05) is 0 Å². The topological polar surface area (TPSA) is 88.5 Å². The molecule has 2 aromatic rings. The van der Waals surface area contributed by atoms with Crippen molar-refractivity contribution < 1.29 is 21.9 Å². The Bertz CT molecular complexity index is 863. The number of aliphatic hydroxyl groups is 1. The largest absolute Gasteiger partial charge is 0.396 e. The molecule has 5 nitrogen and oxygen atoms in total. The summed E-state index contributed by atoms with van der Waals surface area (Å²) in [6.45, 7) is -0.0729. The first-order valence-corrected chi connectivity index (χ1v) is 11.9. The van der Waals surface area contributed by atoms with Gasteiger partial charge in [0, 0.05) is 6.61 Å². The molecule has 1 atom stereocenters. The fourth-order valence-corrected chi connectivity index (χ4v) is 8.21. The van der Waals surface area contributed by atoms with Crippen LogP contribution >= 0.6 is 11.8 Å². The van der Waals surface area contributed by atoms with E-state index in [1.54, 1.807) is 36.4 Å². The summed E-state index contributed by atoms with van der Waals surface area (Å²) in [5.41, 5.74) is 0. The second-order valence-corrected chi connectivity index (χ2v) is 11.1. The summed E-state index contributed by atoms with van der Waals surface area (Å²) >= 11 is 1.04. The van der Waals surface area contributed by atoms with Crippen molar-refractivity contribution in [2.75, 3.05) is 18.1 Å². The molecule has 0 radical (unpaired) electrons. The lowest BCUT2D eigenvalue weighted by Gasteiger charge is -2.17. The van der Waals surface area contributed by atoms with Crippen LogP contribution in [0.15, 0.2) is 70.5 Å².